The van der Waals surface area contributed by atoms with Gasteiger partial charge in [-0.05, 0) is 39.5 Å². The summed E-state index contributed by atoms with van der Waals surface area (Å²) >= 11 is 0. The molecule has 0 aromatic rings. The molecular formula is C12H25N3O. The lowest BCUT2D eigenvalue weighted by Crippen LogP contribution is -2.37. The largest absolute Gasteiger partial charge is 0.378 e. The van der Waals surface area contributed by atoms with Crippen LogP contribution >= 0.6 is 0 Å². The summed E-state index contributed by atoms with van der Waals surface area (Å²) in [5, 5.41) is 6.44. The average molecular weight is 227 g/mol. The maximum atomic E-state index is 5.67. The minimum atomic E-state index is 0.432. The van der Waals surface area contributed by atoms with Crippen LogP contribution < -0.4 is 10.6 Å². The summed E-state index contributed by atoms with van der Waals surface area (Å²) in [6, 6.07) is 0. The molecule has 1 atom stereocenters. The molecule has 1 rings (SSSR count). The Bertz CT molecular complexity index is 192. The molecule has 0 aliphatic carbocycles. The predicted octanol–water partition coefficient (Wildman–Crippen LogP) is 1.52. The van der Waals surface area contributed by atoms with Gasteiger partial charge in [0.15, 0.2) is 5.96 Å². The monoisotopic (exact) mass is 227 g/mol. The molecule has 0 spiro atoms. The maximum Gasteiger partial charge on any atom is 0.191 e. The Kier molecular flexibility index (Phi) is 6.97. The van der Waals surface area contributed by atoms with E-state index in [9.17, 15) is 0 Å². The van der Waals surface area contributed by atoms with Crippen molar-refractivity contribution in [3.05, 3.63) is 0 Å². The van der Waals surface area contributed by atoms with Gasteiger partial charge in [-0.3, -0.25) is 4.99 Å². The molecule has 0 unspecified atom stereocenters. The second kappa shape index (κ2) is 8.39. The Hall–Kier alpha value is -0.770. The smallest absolute Gasteiger partial charge is 0.191 e. The van der Waals surface area contributed by atoms with Gasteiger partial charge in [-0.15, -0.1) is 0 Å². The predicted molar refractivity (Wildman–Crippen MR) is 67.9 cm³/mol. The molecule has 0 bridgehead atoms. The van der Waals surface area contributed by atoms with E-state index in [-0.39, 0.29) is 0 Å². The van der Waals surface area contributed by atoms with E-state index >= 15 is 0 Å². The number of aliphatic imine (C=N–C) groups is 1. The second-order valence-corrected chi connectivity index (χ2v) is 4.07. The molecule has 4 heteroatoms. The van der Waals surface area contributed by atoms with Gasteiger partial charge >= 0.3 is 0 Å². The molecule has 94 valence electrons. The lowest BCUT2D eigenvalue weighted by molar-refractivity contribution is 0.0129. The van der Waals surface area contributed by atoms with Crippen molar-refractivity contribution in [3.8, 4) is 0 Å². The van der Waals surface area contributed by atoms with E-state index in [1.807, 2.05) is 0 Å². The van der Waals surface area contributed by atoms with E-state index in [1.165, 1.54) is 19.3 Å². The highest BCUT2D eigenvalue weighted by atomic mass is 16.5. The maximum absolute atomic E-state index is 5.67. The highest BCUT2D eigenvalue weighted by Crippen LogP contribution is 2.15. The van der Waals surface area contributed by atoms with Crippen LogP contribution in [0.2, 0.25) is 0 Å². The lowest BCUT2D eigenvalue weighted by atomic mass is 10.1. The molecule has 0 radical (unpaired) electrons. The van der Waals surface area contributed by atoms with Gasteiger partial charge in [0.25, 0.3) is 0 Å². The van der Waals surface area contributed by atoms with Crippen molar-refractivity contribution in [1.29, 1.82) is 0 Å². The zero-order valence-electron chi connectivity index (χ0n) is 10.6. The molecule has 1 fully saturated rings. The Balaban J connectivity index is 2.20. The van der Waals surface area contributed by atoms with Gasteiger partial charge in [-0.1, -0.05) is 0 Å². The normalized spacial score (nSPS) is 20.2. The van der Waals surface area contributed by atoms with Crippen LogP contribution in [0.4, 0.5) is 0 Å². The molecule has 4 nitrogen and oxygen atoms in total. The first-order valence-corrected chi connectivity index (χ1v) is 6.50. The van der Waals surface area contributed by atoms with Gasteiger partial charge in [-0.25, -0.2) is 0 Å². The fraction of sp³-hybridized carbons (Fsp3) is 0.917. The molecule has 0 saturated carbocycles. The van der Waals surface area contributed by atoms with Crippen LogP contribution in [-0.4, -0.2) is 38.3 Å². The minimum Gasteiger partial charge on any atom is -0.378 e. The third-order valence-electron chi connectivity index (χ3n) is 2.68. The van der Waals surface area contributed by atoms with Crippen molar-refractivity contribution in [3.63, 3.8) is 0 Å². The third kappa shape index (κ3) is 5.35. The standard InChI is InChI=1S/C12H25N3O/c1-3-13-12(14-4-2)15-9-8-11-7-5-6-10-16-11/h11H,3-10H2,1-2H3,(H2,13,14,15)/t11-/m1/s1. The SMILES string of the molecule is CCNC(=NCC[C@H]1CCCCO1)NCC. The number of hydrogen-bond donors (Lipinski definition) is 2. The number of rotatable bonds is 5. The number of hydrogen-bond acceptors (Lipinski definition) is 2. The molecule has 1 heterocycles. The fourth-order valence-corrected chi connectivity index (χ4v) is 1.86. The van der Waals surface area contributed by atoms with Gasteiger partial charge in [0, 0.05) is 26.2 Å². The Morgan fingerprint density at radius 3 is 2.56 bits per heavy atom. The lowest BCUT2D eigenvalue weighted by Gasteiger charge is -2.21. The highest BCUT2D eigenvalue weighted by molar-refractivity contribution is 5.79. The second-order valence-electron chi connectivity index (χ2n) is 4.07. The van der Waals surface area contributed by atoms with Gasteiger partial charge < -0.3 is 15.4 Å². The van der Waals surface area contributed by atoms with Crippen LogP contribution in [-0.2, 0) is 4.74 Å². The Morgan fingerprint density at radius 2 is 2.00 bits per heavy atom. The van der Waals surface area contributed by atoms with Gasteiger partial charge in [0.2, 0.25) is 0 Å². The molecule has 0 amide bonds. The number of nitrogens with zero attached hydrogens (tertiary/aromatic N) is 1. The summed E-state index contributed by atoms with van der Waals surface area (Å²) in [5.74, 6) is 0.917. The first-order valence-electron chi connectivity index (χ1n) is 6.50. The summed E-state index contributed by atoms with van der Waals surface area (Å²) in [7, 11) is 0. The van der Waals surface area contributed by atoms with Crippen molar-refractivity contribution in [2.75, 3.05) is 26.2 Å². The quantitative estimate of drug-likeness (QED) is 0.553. The summed E-state index contributed by atoms with van der Waals surface area (Å²) in [6.07, 6.45) is 5.21. The van der Waals surface area contributed by atoms with E-state index in [0.29, 0.717) is 6.10 Å². The van der Waals surface area contributed by atoms with Gasteiger partial charge in [-0.2, -0.15) is 0 Å². The van der Waals surface area contributed by atoms with Crippen LogP contribution in [0.25, 0.3) is 0 Å². The summed E-state index contributed by atoms with van der Waals surface area (Å²) in [6.45, 7) is 7.76. The van der Waals surface area contributed by atoms with Crippen LogP contribution in [0.5, 0.6) is 0 Å². The molecule has 0 aromatic carbocycles. The summed E-state index contributed by atoms with van der Waals surface area (Å²) < 4.78 is 5.67. The van der Waals surface area contributed by atoms with E-state index < -0.39 is 0 Å². The molecular weight excluding hydrogens is 202 g/mol. The number of guanidine groups is 1. The molecule has 1 aliphatic rings. The zero-order chi connectivity index (χ0) is 11.6. The van der Waals surface area contributed by atoms with E-state index in [1.54, 1.807) is 0 Å². The molecule has 1 aliphatic heterocycles. The third-order valence-corrected chi connectivity index (χ3v) is 2.68. The Labute approximate surface area is 98.9 Å². The Morgan fingerprint density at radius 1 is 1.25 bits per heavy atom. The summed E-state index contributed by atoms with van der Waals surface area (Å²) in [5.41, 5.74) is 0. The van der Waals surface area contributed by atoms with Crippen molar-refractivity contribution in [2.24, 2.45) is 4.99 Å². The van der Waals surface area contributed by atoms with E-state index in [2.05, 4.69) is 29.5 Å². The number of ether oxygens (including phenoxy) is 1. The first kappa shape index (κ1) is 13.3. The fourth-order valence-electron chi connectivity index (χ4n) is 1.86. The van der Waals surface area contributed by atoms with Gasteiger partial charge in [0.05, 0.1) is 6.10 Å². The first-order chi connectivity index (χ1) is 7.86. The number of nitrogens with one attached hydrogen (secondary N) is 2. The topological polar surface area (TPSA) is 45.7 Å². The molecule has 16 heavy (non-hydrogen) atoms. The van der Waals surface area contributed by atoms with Crippen molar-refractivity contribution >= 4 is 5.96 Å². The van der Waals surface area contributed by atoms with Crippen LogP contribution in [0.1, 0.15) is 39.5 Å². The van der Waals surface area contributed by atoms with Gasteiger partial charge in [0.1, 0.15) is 0 Å². The average Bonchev–Trinajstić information content (AvgIpc) is 2.31. The molecule has 2 N–H and O–H groups in total. The van der Waals surface area contributed by atoms with Crippen LogP contribution in [0, 0.1) is 0 Å². The summed E-state index contributed by atoms with van der Waals surface area (Å²) in [4.78, 5) is 4.51. The van der Waals surface area contributed by atoms with E-state index in [4.69, 9.17) is 4.74 Å². The van der Waals surface area contributed by atoms with E-state index in [0.717, 1.165) is 38.6 Å². The molecule has 1 saturated heterocycles. The van der Waals surface area contributed by atoms with Crippen LogP contribution in [0.15, 0.2) is 4.99 Å². The van der Waals surface area contributed by atoms with Crippen LogP contribution in [0.3, 0.4) is 0 Å². The minimum absolute atomic E-state index is 0.432. The zero-order valence-corrected chi connectivity index (χ0v) is 10.6. The van der Waals surface area contributed by atoms with Crippen molar-refractivity contribution < 1.29 is 4.74 Å². The molecule has 0 aromatic heterocycles. The highest BCUT2D eigenvalue weighted by Gasteiger charge is 2.12. The van der Waals surface area contributed by atoms with Crippen molar-refractivity contribution in [2.45, 2.75) is 45.6 Å². The van der Waals surface area contributed by atoms with Crippen molar-refractivity contribution in [1.82, 2.24) is 10.6 Å².